The molecule has 0 saturated heterocycles. The fraction of sp³-hybridized carbons (Fsp3) is 0.278. The molecule has 2 aromatic carbocycles. The molecule has 1 atom stereocenters. The minimum atomic E-state index is -0.189. The van der Waals surface area contributed by atoms with Crippen LogP contribution in [0.3, 0.4) is 0 Å². The van der Waals surface area contributed by atoms with Crippen molar-refractivity contribution in [1.82, 2.24) is 10.6 Å². The summed E-state index contributed by atoms with van der Waals surface area (Å²) in [5.41, 5.74) is 3.81. The minimum absolute atomic E-state index is 0.0218. The van der Waals surface area contributed by atoms with Crippen LogP contribution in [-0.4, -0.2) is 11.2 Å². The van der Waals surface area contributed by atoms with Crippen molar-refractivity contribution in [2.24, 2.45) is 0 Å². The van der Waals surface area contributed by atoms with E-state index < -0.39 is 0 Å². The Morgan fingerprint density at radius 2 is 2.04 bits per heavy atom. The third-order valence-corrected chi connectivity index (χ3v) is 5.50. The number of fused-ring (bicyclic) bond motifs is 1. The molecular weight excluding hydrogens is 328 g/mol. The van der Waals surface area contributed by atoms with Crippen molar-refractivity contribution < 1.29 is 4.79 Å². The summed E-state index contributed by atoms with van der Waals surface area (Å²) in [6.07, 6.45) is 0. The van der Waals surface area contributed by atoms with Crippen LogP contribution < -0.4 is 10.6 Å². The number of benzene rings is 2. The predicted molar refractivity (Wildman–Crippen MR) is 95.6 cm³/mol. The second-order valence-corrected chi connectivity index (χ2v) is 7.40. The number of halogens is 1. The van der Waals surface area contributed by atoms with Crippen LogP contribution in [0.5, 0.6) is 0 Å². The van der Waals surface area contributed by atoms with E-state index >= 15 is 0 Å². The first-order chi connectivity index (χ1) is 11.1. The van der Waals surface area contributed by atoms with Crippen molar-refractivity contribution in [1.29, 1.82) is 0 Å². The second kappa shape index (κ2) is 7.39. The highest BCUT2D eigenvalue weighted by atomic mass is 35.5. The van der Waals surface area contributed by atoms with Crippen molar-refractivity contribution >= 4 is 29.3 Å². The van der Waals surface area contributed by atoms with Crippen LogP contribution in [0.15, 0.2) is 47.4 Å². The number of amides is 1. The molecule has 0 saturated carbocycles. The van der Waals surface area contributed by atoms with Gasteiger partial charge in [-0.25, -0.2) is 0 Å². The zero-order chi connectivity index (χ0) is 16.2. The fourth-order valence-electron chi connectivity index (χ4n) is 2.58. The van der Waals surface area contributed by atoms with E-state index in [2.05, 4.69) is 28.8 Å². The monoisotopic (exact) mass is 346 g/mol. The van der Waals surface area contributed by atoms with Gasteiger partial charge in [-0.3, -0.25) is 4.79 Å². The molecule has 3 nitrogen and oxygen atoms in total. The SMILES string of the molecule is CC(Sc1ccccc1Cl)C(=O)NCc1ccc2c(c1)CNC2. The lowest BCUT2D eigenvalue weighted by Crippen LogP contribution is -2.30. The van der Waals surface area contributed by atoms with Crippen LogP contribution >= 0.6 is 23.4 Å². The summed E-state index contributed by atoms with van der Waals surface area (Å²) >= 11 is 7.62. The van der Waals surface area contributed by atoms with Gasteiger partial charge in [0.15, 0.2) is 0 Å². The Balaban J connectivity index is 1.55. The summed E-state index contributed by atoms with van der Waals surface area (Å²) in [4.78, 5) is 13.2. The van der Waals surface area contributed by atoms with Gasteiger partial charge in [-0.1, -0.05) is 41.9 Å². The molecule has 2 N–H and O–H groups in total. The molecule has 0 fully saturated rings. The van der Waals surface area contributed by atoms with Crippen LogP contribution in [0.25, 0.3) is 0 Å². The number of carbonyl (C=O) groups excluding carboxylic acids is 1. The van der Waals surface area contributed by atoms with E-state index in [4.69, 9.17) is 11.6 Å². The zero-order valence-electron chi connectivity index (χ0n) is 12.9. The number of thioether (sulfide) groups is 1. The predicted octanol–water partition coefficient (Wildman–Crippen LogP) is 3.74. The average molecular weight is 347 g/mol. The van der Waals surface area contributed by atoms with E-state index in [9.17, 15) is 4.79 Å². The molecule has 0 bridgehead atoms. The average Bonchev–Trinajstić information content (AvgIpc) is 3.02. The number of nitrogens with one attached hydrogen (secondary N) is 2. The van der Waals surface area contributed by atoms with Crippen LogP contribution in [-0.2, 0) is 24.4 Å². The quantitative estimate of drug-likeness (QED) is 0.810. The Bertz CT molecular complexity index is 720. The van der Waals surface area contributed by atoms with Crippen LogP contribution in [0.1, 0.15) is 23.6 Å². The minimum Gasteiger partial charge on any atom is -0.351 e. The Morgan fingerprint density at radius 3 is 2.87 bits per heavy atom. The molecular formula is C18H19ClN2OS. The molecule has 0 spiro atoms. The smallest absolute Gasteiger partial charge is 0.233 e. The van der Waals surface area contributed by atoms with E-state index in [0.717, 1.165) is 23.5 Å². The lowest BCUT2D eigenvalue weighted by molar-refractivity contribution is -0.120. The molecule has 1 aliphatic heterocycles. The highest BCUT2D eigenvalue weighted by molar-refractivity contribution is 8.00. The van der Waals surface area contributed by atoms with Gasteiger partial charge in [0.2, 0.25) is 5.91 Å². The maximum absolute atomic E-state index is 12.3. The highest BCUT2D eigenvalue weighted by Crippen LogP contribution is 2.30. The van der Waals surface area contributed by atoms with Crippen molar-refractivity contribution in [2.45, 2.75) is 36.7 Å². The van der Waals surface area contributed by atoms with Crippen molar-refractivity contribution in [3.63, 3.8) is 0 Å². The fourth-order valence-corrected chi connectivity index (χ4v) is 3.75. The van der Waals surface area contributed by atoms with Crippen molar-refractivity contribution in [3.05, 3.63) is 64.2 Å². The van der Waals surface area contributed by atoms with E-state index in [-0.39, 0.29) is 11.2 Å². The van der Waals surface area contributed by atoms with Gasteiger partial charge in [-0.05, 0) is 35.7 Å². The van der Waals surface area contributed by atoms with Gasteiger partial charge in [0, 0.05) is 24.5 Å². The van der Waals surface area contributed by atoms with Crippen LogP contribution in [0, 0.1) is 0 Å². The first kappa shape index (κ1) is 16.4. The van der Waals surface area contributed by atoms with Crippen LogP contribution in [0.2, 0.25) is 5.02 Å². The lowest BCUT2D eigenvalue weighted by Gasteiger charge is -2.13. The number of hydrogen-bond donors (Lipinski definition) is 2. The summed E-state index contributed by atoms with van der Waals surface area (Å²) in [6, 6.07) is 14.0. The first-order valence-electron chi connectivity index (χ1n) is 7.64. The Hall–Kier alpha value is -1.49. The van der Waals surface area contributed by atoms with Gasteiger partial charge < -0.3 is 10.6 Å². The van der Waals surface area contributed by atoms with E-state index in [1.165, 1.54) is 22.9 Å². The molecule has 1 unspecified atom stereocenters. The highest BCUT2D eigenvalue weighted by Gasteiger charge is 2.16. The summed E-state index contributed by atoms with van der Waals surface area (Å²) in [5, 5.41) is 6.83. The lowest BCUT2D eigenvalue weighted by atomic mass is 10.1. The van der Waals surface area contributed by atoms with Gasteiger partial charge in [0.25, 0.3) is 0 Å². The molecule has 1 aliphatic rings. The molecule has 1 heterocycles. The summed E-state index contributed by atoms with van der Waals surface area (Å²) < 4.78 is 0. The van der Waals surface area contributed by atoms with E-state index in [1.54, 1.807) is 0 Å². The largest absolute Gasteiger partial charge is 0.351 e. The van der Waals surface area contributed by atoms with Crippen LogP contribution in [0.4, 0.5) is 0 Å². The molecule has 3 rings (SSSR count). The van der Waals surface area contributed by atoms with Gasteiger partial charge in [0.05, 0.1) is 10.3 Å². The Labute approximate surface area is 145 Å². The zero-order valence-corrected chi connectivity index (χ0v) is 14.5. The molecule has 0 aliphatic carbocycles. The normalized spacial score (nSPS) is 14.3. The maximum atomic E-state index is 12.3. The van der Waals surface area contributed by atoms with Gasteiger partial charge in [-0.15, -0.1) is 11.8 Å². The van der Waals surface area contributed by atoms with Crippen molar-refractivity contribution in [3.8, 4) is 0 Å². The second-order valence-electron chi connectivity index (χ2n) is 5.61. The molecule has 0 radical (unpaired) electrons. The molecule has 1 amide bonds. The molecule has 0 aromatic heterocycles. The van der Waals surface area contributed by atoms with Gasteiger partial charge in [-0.2, -0.15) is 0 Å². The summed E-state index contributed by atoms with van der Waals surface area (Å²) in [5.74, 6) is 0.0218. The van der Waals surface area contributed by atoms with E-state index in [0.29, 0.717) is 11.6 Å². The summed E-state index contributed by atoms with van der Waals surface area (Å²) in [7, 11) is 0. The molecule has 5 heteroatoms. The topological polar surface area (TPSA) is 41.1 Å². The summed E-state index contributed by atoms with van der Waals surface area (Å²) in [6.45, 7) is 4.30. The molecule has 120 valence electrons. The Morgan fingerprint density at radius 1 is 1.26 bits per heavy atom. The first-order valence-corrected chi connectivity index (χ1v) is 8.89. The standard InChI is InChI=1S/C18H19ClN2OS/c1-12(23-17-5-3-2-4-16(17)19)18(22)21-9-13-6-7-14-10-20-11-15(14)8-13/h2-8,12,20H,9-11H2,1H3,(H,21,22). The van der Waals surface area contributed by atoms with E-state index in [1.807, 2.05) is 31.2 Å². The van der Waals surface area contributed by atoms with Gasteiger partial charge in [0.1, 0.15) is 0 Å². The molecule has 23 heavy (non-hydrogen) atoms. The number of carbonyl (C=O) groups is 1. The number of hydrogen-bond acceptors (Lipinski definition) is 3. The number of rotatable bonds is 5. The third-order valence-electron chi connectivity index (χ3n) is 3.88. The van der Waals surface area contributed by atoms with Gasteiger partial charge >= 0.3 is 0 Å². The maximum Gasteiger partial charge on any atom is 0.233 e. The Kier molecular flexibility index (Phi) is 5.26. The van der Waals surface area contributed by atoms with Crippen molar-refractivity contribution in [2.75, 3.05) is 0 Å². The molecule has 2 aromatic rings. The third kappa shape index (κ3) is 4.08.